The van der Waals surface area contributed by atoms with Crippen molar-refractivity contribution in [1.82, 2.24) is 14.9 Å². The van der Waals surface area contributed by atoms with Crippen LogP contribution >= 0.6 is 11.3 Å². The first-order chi connectivity index (χ1) is 21.1. The highest BCUT2D eigenvalue weighted by Gasteiger charge is 2.28. The van der Waals surface area contributed by atoms with Gasteiger partial charge < -0.3 is 14.5 Å². The van der Waals surface area contributed by atoms with Crippen LogP contribution in [0.5, 0.6) is 0 Å². The molecule has 0 bridgehead atoms. The number of thiazole rings is 1. The molecule has 0 atom stereocenters. The van der Waals surface area contributed by atoms with Gasteiger partial charge >= 0.3 is 0 Å². The summed E-state index contributed by atoms with van der Waals surface area (Å²) in [5.41, 5.74) is 0.650. The summed E-state index contributed by atoms with van der Waals surface area (Å²) >= 11 is 1.42. The lowest BCUT2D eigenvalue weighted by Gasteiger charge is -2.19. The third-order valence-electron chi connectivity index (χ3n) is 7.65. The number of halogens is 3. The average molecular weight is 644 g/mol. The third-order valence-corrected chi connectivity index (χ3v) is 10.3. The number of benzene rings is 2. The smallest absolute Gasteiger partial charge is 0.265 e. The summed E-state index contributed by atoms with van der Waals surface area (Å²) < 4.78 is 77.7. The van der Waals surface area contributed by atoms with Crippen LogP contribution < -0.4 is 9.62 Å². The van der Waals surface area contributed by atoms with Crippen molar-refractivity contribution < 1.29 is 31.1 Å². The maximum absolute atomic E-state index is 16.2. The molecule has 2 aromatic carbocycles. The molecule has 14 heteroatoms. The Morgan fingerprint density at radius 2 is 1.86 bits per heavy atom. The zero-order chi connectivity index (χ0) is 31.0. The molecule has 0 radical (unpaired) electrons. The van der Waals surface area contributed by atoms with E-state index in [4.69, 9.17) is 9.72 Å². The fraction of sp³-hybridized carbons (Fsp3) is 0.300. The van der Waals surface area contributed by atoms with Crippen LogP contribution in [0.2, 0.25) is 0 Å². The summed E-state index contributed by atoms with van der Waals surface area (Å²) in [6, 6.07) is 9.86. The maximum Gasteiger partial charge on any atom is 0.265 e. The molecule has 2 saturated heterocycles. The molecule has 2 aromatic heterocycles. The van der Waals surface area contributed by atoms with Crippen molar-refractivity contribution >= 4 is 38.8 Å². The monoisotopic (exact) mass is 643 g/mol. The Balaban J connectivity index is 1.40. The van der Waals surface area contributed by atoms with E-state index in [1.54, 1.807) is 17.2 Å². The second kappa shape index (κ2) is 12.2. The van der Waals surface area contributed by atoms with E-state index < -0.39 is 38.1 Å². The van der Waals surface area contributed by atoms with Gasteiger partial charge in [-0.2, -0.15) is 0 Å². The molecule has 230 valence electrons. The molecule has 0 aliphatic carbocycles. The van der Waals surface area contributed by atoms with Gasteiger partial charge in [0, 0.05) is 50.9 Å². The third kappa shape index (κ3) is 6.01. The molecule has 9 nitrogen and oxygen atoms in total. The molecule has 4 heterocycles. The SMILES string of the molecule is CC(=O)N1CCN(c2cc(-c3sc(C4CCOCC4)nc3-c3cccc(NS(=O)(=O)c4cc(F)ccc4F)c3F)ccn2)C1. The van der Waals surface area contributed by atoms with Crippen molar-refractivity contribution in [1.29, 1.82) is 0 Å². The first kappa shape index (κ1) is 30.0. The molecule has 4 aromatic rings. The highest BCUT2D eigenvalue weighted by atomic mass is 32.2. The number of nitrogens with zero attached hydrogens (tertiary/aromatic N) is 4. The topological polar surface area (TPSA) is 105 Å². The molecule has 0 spiro atoms. The van der Waals surface area contributed by atoms with Gasteiger partial charge in [-0.15, -0.1) is 11.3 Å². The number of pyridine rings is 1. The largest absolute Gasteiger partial charge is 0.381 e. The van der Waals surface area contributed by atoms with E-state index in [1.807, 2.05) is 11.0 Å². The van der Waals surface area contributed by atoms with Gasteiger partial charge in [-0.05, 0) is 60.9 Å². The zero-order valence-corrected chi connectivity index (χ0v) is 25.2. The molecule has 1 N–H and O–H groups in total. The number of amides is 1. The highest BCUT2D eigenvalue weighted by molar-refractivity contribution is 7.92. The van der Waals surface area contributed by atoms with Gasteiger partial charge in [0.05, 0.1) is 27.9 Å². The molecule has 2 aliphatic heterocycles. The van der Waals surface area contributed by atoms with Gasteiger partial charge in [0.2, 0.25) is 5.91 Å². The van der Waals surface area contributed by atoms with Crippen LogP contribution in [0.3, 0.4) is 0 Å². The fourth-order valence-electron chi connectivity index (χ4n) is 5.28. The Bertz CT molecular complexity index is 1830. The normalized spacial score (nSPS) is 16.0. The Kier molecular flexibility index (Phi) is 8.31. The predicted molar refractivity (Wildman–Crippen MR) is 160 cm³/mol. The highest BCUT2D eigenvalue weighted by Crippen LogP contribution is 2.43. The summed E-state index contributed by atoms with van der Waals surface area (Å²) in [7, 11) is -4.67. The first-order valence-electron chi connectivity index (χ1n) is 13.9. The zero-order valence-electron chi connectivity index (χ0n) is 23.6. The van der Waals surface area contributed by atoms with Crippen molar-refractivity contribution in [3.05, 3.63) is 77.2 Å². The number of carbonyl (C=O) groups excluding carboxylic acids is 1. The average Bonchev–Trinajstić information content (AvgIpc) is 3.69. The van der Waals surface area contributed by atoms with Crippen molar-refractivity contribution in [3.63, 3.8) is 0 Å². The van der Waals surface area contributed by atoms with Crippen molar-refractivity contribution in [3.8, 4) is 21.7 Å². The van der Waals surface area contributed by atoms with E-state index in [9.17, 15) is 22.0 Å². The number of aromatic nitrogens is 2. The number of ether oxygens (including phenoxy) is 1. The minimum atomic E-state index is -4.67. The van der Waals surface area contributed by atoms with Gasteiger partial charge in [0.15, 0.2) is 5.82 Å². The first-order valence-corrected chi connectivity index (χ1v) is 16.2. The summed E-state index contributed by atoms with van der Waals surface area (Å²) in [6.07, 6.45) is 3.15. The van der Waals surface area contributed by atoms with Crippen LogP contribution in [0, 0.1) is 17.5 Å². The maximum atomic E-state index is 16.2. The quantitative estimate of drug-likeness (QED) is 0.279. The molecule has 0 saturated carbocycles. The second-order valence-electron chi connectivity index (χ2n) is 10.6. The number of nitrogens with one attached hydrogen (secondary N) is 1. The molecular formula is C30H28F3N5O4S2. The van der Waals surface area contributed by atoms with Crippen LogP contribution in [0.25, 0.3) is 21.7 Å². The molecule has 2 aliphatic rings. The number of hydrogen-bond acceptors (Lipinski definition) is 8. The standard InChI is InChI=1S/C30H28F3N5O4S2/c1-18(39)37-11-12-38(17-37)26-15-20(7-10-34-26)29-28(35-30(43-29)19-8-13-42-14-9-19)22-3-2-4-24(27(22)33)36-44(40,41)25-16-21(31)5-6-23(25)32/h2-7,10,15-16,19,36H,8-9,11-14,17H2,1H3. The predicted octanol–water partition coefficient (Wildman–Crippen LogP) is 5.61. The minimum Gasteiger partial charge on any atom is -0.381 e. The summed E-state index contributed by atoms with van der Waals surface area (Å²) in [5.74, 6) is -2.31. The molecule has 44 heavy (non-hydrogen) atoms. The Morgan fingerprint density at radius 3 is 2.61 bits per heavy atom. The lowest BCUT2D eigenvalue weighted by Crippen LogP contribution is -2.29. The number of anilines is 2. The van der Waals surface area contributed by atoms with Crippen LogP contribution in [-0.4, -0.2) is 62.2 Å². The fourth-order valence-corrected chi connectivity index (χ4v) is 7.67. The van der Waals surface area contributed by atoms with Gasteiger partial charge in [-0.3, -0.25) is 9.52 Å². The van der Waals surface area contributed by atoms with Crippen molar-refractivity contribution in [2.45, 2.75) is 30.6 Å². The van der Waals surface area contributed by atoms with E-state index in [2.05, 4.69) is 9.71 Å². The number of rotatable bonds is 7. The molecule has 0 unspecified atom stereocenters. The summed E-state index contributed by atoms with van der Waals surface area (Å²) in [5, 5.41) is 0.799. The number of hydrogen-bond donors (Lipinski definition) is 1. The Labute approximate surface area is 256 Å². The van der Waals surface area contributed by atoms with Crippen LogP contribution in [0.15, 0.2) is 59.6 Å². The minimum absolute atomic E-state index is 0.0272. The van der Waals surface area contributed by atoms with Gasteiger partial charge in [-0.25, -0.2) is 31.6 Å². The number of carbonyl (C=O) groups is 1. The van der Waals surface area contributed by atoms with E-state index >= 15 is 4.39 Å². The van der Waals surface area contributed by atoms with E-state index in [0.29, 0.717) is 61.5 Å². The van der Waals surface area contributed by atoms with E-state index in [-0.39, 0.29) is 17.4 Å². The lowest BCUT2D eigenvalue weighted by molar-refractivity contribution is -0.127. The molecule has 1 amide bonds. The molecule has 6 rings (SSSR count). The summed E-state index contributed by atoms with van der Waals surface area (Å²) in [4.78, 5) is 24.7. The van der Waals surface area contributed by atoms with Crippen LogP contribution in [-0.2, 0) is 19.6 Å². The van der Waals surface area contributed by atoms with Gasteiger partial charge in [0.25, 0.3) is 10.0 Å². The van der Waals surface area contributed by atoms with Gasteiger partial charge in [-0.1, -0.05) is 6.07 Å². The number of sulfonamides is 1. The lowest BCUT2D eigenvalue weighted by atomic mass is 10.0. The van der Waals surface area contributed by atoms with Crippen molar-refractivity contribution in [2.75, 3.05) is 42.6 Å². The Hall–Kier alpha value is -4.01. The molecular weight excluding hydrogens is 615 g/mol. The van der Waals surface area contributed by atoms with Crippen LogP contribution in [0.1, 0.15) is 30.7 Å². The Morgan fingerprint density at radius 1 is 1.07 bits per heavy atom. The van der Waals surface area contributed by atoms with E-state index in [0.717, 1.165) is 29.5 Å². The molecule has 2 fully saturated rings. The van der Waals surface area contributed by atoms with E-state index in [1.165, 1.54) is 36.5 Å². The van der Waals surface area contributed by atoms with Crippen molar-refractivity contribution in [2.24, 2.45) is 0 Å². The van der Waals surface area contributed by atoms with Gasteiger partial charge in [0.1, 0.15) is 22.3 Å². The summed E-state index contributed by atoms with van der Waals surface area (Å²) in [6.45, 7) is 4.27. The second-order valence-corrected chi connectivity index (χ2v) is 13.2. The van der Waals surface area contributed by atoms with Crippen LogP contribution in [0.4, 0.5) is 24.7 Å².